The number of halogens is 2. The lowest BCUT2D eigenvalue weighted by Crippen LogP contribution is -2.52. The van der Waals surface area contributed by atoms with E-state index in [9.17, 15) is 9.59 Å². The fourth-order valence-electron chi connectivity index (χ4n) is 4.32. The Morgan fingerprint density at radius 2 is 1.58 bits per heavy atom. The Hall–Kier alpha value is -2.47. The second-order valence-corrected chi connectivity index (χ2v) is 11.6. The van der Waals surface area contributed by atoms with Crippen molar-refractivity contribution in [1.29, 1.82) is 0 Å². The molecule has 1 N–H and O–H groups in total. The molecule has 0 radical (unpaired) electrons. The molecule has 0 heterocycles. The minimum absolute atomic E-state index is 0.00152. The summed E-state index contributed by atoms with van der Waals surface area (Å²) in [6.07, 6.45) is 1.22. The normalized spacial score (nSPS) is 12.6. The molecule has 0 aliphatic heterocycles. The molecule has 0 fully saturated rings. The van der Waals surface area contributed by atoms with Crippen LogP contribution in [0.3, 0.4) is 0 Å². The summed E-state index contributed by atoms with van der Waals surface area (Å²) in [7, 11) is 0. The van der Waals surface area contributed by atoms with Gasteiger partial charge in [-0.05, 0) is 56.0 Å². The molecule has 0 unspecified atom stereocenters. The second-order valence-electron chi connectivity index (χ2n) is 9.78. The van der Waals surface area contributed by atoms with Gasteiger partial charge in [-0.1, -0.05) is 95.8 Å². The molecule has 3 rings (SSSR count). The lowest BCUT2D eigenvalue weighted by Gasteiger charge is -2.32. The zero-order valence-corrected chi connectivity index (χ0v) is 24.8. The van der Waals surface area contributed by atoms with Crippen LogP contribution in [0.4, 0.5) is 0 Å². The van der Waals surface area contributed by atoms with Crippen LogP contribution in [0.25, 0.3) is 0 Å². The van der Waals surface area contributed by atoms with Gasteiger partial charge in [0, 0.05) is 24.8 Å². The van der Waals surface area contributed by atoms with Crippen LogP contribution in [0.2, 0.25) is 10.0 Å². The summed E-state index contributed by atoms with van der Waals surface area (Å²) < 4.78 is 0. The zero-order chi connectivity index (χ0) is 27.7. The highest BCUT2D eigenvalue weighted by Crippen LogP contribution is 2.25. The largest absolute Gasteiger partial charge is 0.352 e. The van der Waals surface area contributed by atoms with Gasteiger partial charge in [-0.25, -0.2) is 0 Å². The molecule has 2 atom stereocenters. The number of nitrogens with one attached hydrogen (secondary N) is 1. The number of thioether (sulfide) groups is 1. The van der Waals surface area contributed by atoms with Gasteiger partial charge in [0.05, 0.1) is 15.8 Å². The summed E-state index contributed by atoms with van der Waals surface area (Å²) in [5.74, 6) is 0.731. The van der Waals surface area contributed by atoms with E-state index in [0.717, 1.165) is 23.3 Å². The van der Waals surface area contributed by atoms with E-state index in [2.05, 4.69) is 37.4 Å². The first kappa shape index (κ1) is 30.1. The van der Waals surface area contributed by atoms with Gasteiger partial charge < -0.3 is 10.2 Å². The Morgan fingerprint density at radius 1 is 0.895 bits per heavy atom. The van der Waals surface area contributed by atoms with Gasteiger partial charge >= 0.3 is 0 Å². The smallest absolute Gasteiger partial charge is 0.243 e. The monoisotopic (exact) mass is 570 g/mol. The minimum atomic E-state index is -0.671. The Bertz CT molecular complexity index is 1220. The van der Waals surface area contributed by atoms with Crippen LogP contribution in [0, 0.1) is 13.8 Å². The van der Waals surface area contributed by atoms with Crippen LogP contribution in [0.1, 0.15) is 48.1 Å². The minimum Gasteiger partial charge on any atom is -0.352 e. The third kappa shape index (κ3) is 9.07. The molecule has 3 aromatic rings. The molecule has 0 aliphatic rings. The predicted molar refractivity (Wildman–Crippen MR) is 161 cm³/mol. The van der Waals surface area contributed by atoms with Crippen molar-refractivity contribution >= 4 is 46.8 Å². The molecule has 0 aromatic heterocycles. The molecule has 0 aliphatic carbocycles. The number of rotatable bonds is 12. The van der Waals surface area contributed by atoms with Gasteiger partial charge in [0.1, 0.15) is 6.04 Å². The van der Waals surface area contributed by atoms with Gasteiger partial charge in [0.25, 0.3) is 0 Å². The molecule has 202 valence electrons. The van der Waals surface area contributed by atoms with Gasteiger partial charge in [-0.15, -0.1) is 11.8 Å². The van der Waals surface area contributed by atoms with E-state index in [0.29, 0.717) is 16.5 Å². The lowest BCUT2D eigenvalue weighted by atomic mass is 10.0. The third-order valence-corrected chi connectivity index (χ3v) is 8.11. The molecule has 7 heteroatoms. The number of hydrogen-bond acceptors (Lipinski definition) is 3. The SMILES string of the molecule is CC[C@H](C)NC(=O)[C@@H](Cc1ccccc1)N(Cc1ccc(Cl)c(Cl)c1)C(=O)CSCc1cc(C)cc(C)c1. The van der Waals surface area contributed by atoms with Crippen LogP contribution in [0.15, 0.2) is 66.7 Å². The van der Waals surface area contributed by atoms with Crippen molar-refractivity contribution in [2.75, 3.05) is 5.75 Å². The molecular weight excluding hydrogens is 535 g/mol. The van der Waals surface area contributed by atoms with Crippen LogP contribution in [-0.4, -0.2) is 34.6 Å². The van der Waals surface area contributed by atoms with Crippen LogP contribution >= 0.6 is 35.0 Å². The van der Waals surface area contributed by atoms with E-state index in [1.807, 2.05) is 50.2 Å². The Kier molecular flexibility index (Phi) is 11.6. The Balaban J connectivity index is 1.88. The Morgan fingerprint density at radius 3 is 2.21 bits per heavy atom. The van der Waals surface area contributed by atoms with E-state index in [1.165, 1.54) is 16.7 Å². The topological polar surface area (TPSA) is 49.4 Å². The quantitative estimate of drug-likeness (QED) is 0.247. The van der Waals surface area contributed by atoms with Gasteiger partial charge in [-0.3, -0.25) is 9.59 Å². The van der Waals surface area contributed by atoms with Crippen molar-refractivity contribution in [2.45, 2.75) is 64.9 Å². The van der Waals surface area contributed by atoms with Crippen LogP contribution in [-0.2, 0) is 28.3 Å². The number of aryl methyl sites for hydroxylation is 2. The standard InChI is InChI=1S/C31H36Cl2N2O2S/c1-5-23(4)34-31(37)29(17-24-9-7-6-8-10-24)35(18-25-11-12-27(32)28(33)16-25)30(36)20-38-19-26-14-21(2)13-22(3)15-26/h6-16,23,29H,5,17-20H2,1-4H3,(H,34,37)/t23-,29+/m0/s1. The number of benzene rings is 3. The predicted octanol–water partition coefficient (Wildman–Crippen LogP) is 7.40. The summed E-state index contributed by atoms with van der Waals surface area (Å²) in [6, 6.07) is 20.9. The highest BCUT2D eigenvalue weighted by molar-refractivity contribution is 7.99. The summed E-state index contributed by atoms with van der Waals surface area (Å²) >= 11 is 14.0. The third-order valence-electron chi connectivity index (χ3n) is 6.38. The first-order valence-electron chi connectivity index (χ1n) is 12.9. The molecule has 0 saturated carbocycles. The number of carbonyl (C=O) groups is 2. The first-order valence-corrected chi connectivity index (χ1v) is 14.8. The molecule has 0 spiro atoms. The van der Waals surface area contributed by atoms with Crippen LogP contribution < -0.4 is 5.32 Å². The van der Waals surface area contributed by atoms with E-state index in [4.69, 9.17) is 23.2 Å². The summed E-state index contributed by atoms with van der Waals surface area (Å²) in [4.78, 5) is 29.1. The number of hydrogen-bond donors (Lipinski definition) is 1. The van der Waals surface area contributed by atoms with E-state index in [-0.39, 0.29) is 30.2 Å². The highest BCUT2D eigenvalue weighted by Gasteiger charge is 2.31. The fraction of sp³-hybridized carbons (Fsp3) is 0.355. The molecule has 3 aromatic carbocycles. The van der Waals surface area contributed by atoms with Crippen molar-refractivity contribution in [3.8, 4) is 0 Å². The number of nitrogens with zero attached hydrogens (tertiary/aromatic N) is 1. The van der Waals surface area contributed by atoms with Gasteiger partial charge in [0.15, 0.2) is 0 Å². The van der Waals surface area contributed by atoms with E-state index >= 15 is 0 Å². The molecule has 0 saturated heterocycles. The maximum Gasteiger partial charge on any atom is 0.243 e. The first-order chi connectivity index (χ1) is 18.2. The average Bonchev–Trinajstić information content (AvgIpc) is 2.88. The van der Waals surface area contributed by atoms with Crippen LogP contribution in [0.5, 0.6) is 0 Å². The zero-order valence-electron chi connectivity index (χ0n) is 22.5. The van der Waals surface area contributed by atoms with Crippen molar-refractivity contribution in [1.82, 2.24) is 10.2 Å². The summed E-state index contributed by atoms with van der Waals surface area (Å²) in [5.41, 5.74) is 5.41. The fourth-order valence-corrected chi connectivity index (χ4v) is 5.49. The molecule has 38 heavy (non-hydrogen) atoms. The van der Waals surface area contributed by atoms with Gasteiger partial charge in [0.2, 0.25) is 11.8 Å². The van der Waals surface area contributed by atoms with Crippen molar-refractivity contribution < 1.29 is 9.59 Å². The van der Waals surface area contributed by atoms with E-state index in [1.54, 1.807) is 28.8 Å². The van der Waals surface area contributed by atoms with E-state index < -0.39 is 6.04 Å². The second kappa shape index (κ2) is 14.6. The maximum absolute atomic E-state index is 13.8. The highest BCUT2D eigenvalue weighted by atomic mass is 35.5. The molecule has 2 amide bonds. The lowest BCUT2D eigenvalue weighted by molar-refractivity contribution is -0.139. The summed E-state index contributed by atoms with van der Waals surface area (Å²) in [6.45, 7) is 8.41. The number of amides is 2. The molecular formula is C31H36Cl2N2O2S. The Labute approximate surface area is 241 Å². The van der Waals surface area contributed by atoms with Crippen molar-refractivity contribution in [3.63, 3.8) is 0 Å². The van der Waals surface area contributed by atoms with Crippen molar-refractivity contribution in [2.24, 2.45) is 0 Å². The van der Waals surface area contributed by atoms with Gasteiger partial charge in [-0.2, -0.15) is 0 Å². The maximum atomic E-state index is 13.8. The number of carbonyl (C=O) groups excluding carboxylic acids is 2. The summed E-state index contributed by atoms with van der Waals surface area (Å²) in [5, 5.41) is 3.97. The molecule has 4 nitrogen and oxygen atoms in total. The average molecular weight is 572 g/mol. The molecule has 0 bridgehead atoms. The van der Waals surface area contributed by atoms with Crippen molar-refractivity contribution in [3.05, 3.63) is 105 Å².